The van der Waals surface area contributed by atoms with Gasteiger partial charge in [-0.05, 0) is 24.2 Å². The van der Waals surface area contributed by atoms with Crippen LogP contribution in [0.1, 0.15) is 40.0 Å². The highest BCUT2D eigenvalue weighted by molar-refractivity contribution is 7.92. The van der Waals surface area contributed by atoms with Crippen molar-refractivity contribution in [2.24, 2.45) is 11.3 Å². The van der Waals surface area contributed by atoms with E-state index < -0.39 is 15.1 Å². The summed E-state index contributed by atoms with van der Waals surface area (Å²) in [6, 6.07) is 0. The molecule has 1 fully saturated rings. The van der Waals surface area contributed by atoms with Gasteiger partial charge in [-0.2, -0.15) is 0 Å². The molecule has 15 heavy (non-hydrogen) atoms. The molecule has 0 spiro atoms. The summed E-state index contributed by atoms with van der Waals surface area (Å²) in [5.41, 5.74) is 0.0869. The van der Waals surface area contributed by atoms with Crippen molar-refractivity contribution in [3.63, 3.8) is 0 Å². The molecule has 0 radical (unpaired) electrons. The first kappa shape index (κ1) is 12.7. The summed E-state index contributed by atoms with van der Waals surface area (Å²) in [5, 5.41) is -0.754. The zero-order valence-corrected chi connectivity index (χ0v) is 10.7. The number of rotatable bonds is 1. The van der Waals surface area contributed by atoms with Crippen molar-refractivity contribution in [1.29, 1.82) is 0 Å². The highest BCUT2D eigenvalue weighted by Crippen LogP contribution is 2.38. The summed E-state index contributed by atoms with van der Waals surface area (Å²) in [6.45, 7) is 6.31. The average molecular weight is 232 g/mol. The fourth-order valence-corrected chi connectivity index (χ4v) is 3.36. The van der Waals surface area contributed by atoms with Crippen LogP contribution < -0.4 is 0 Å². The van der Waals surface area contributed by atoms with Gasteiger partial charge in [0.1, 0.15) is 5.25 Å². The number of carbonyl (C=O) groups excluding carboxylic acids is 1. The molecule has 0 N–H and O–H groups in total. The highest BCUT2D eigenvalue weighted by Gasteiger charge is 2.39. The molecule has 3 nitrogen and oxygen atoms in total. The lowest BCUT2D eigenvalue weighted by molar-refractivity contribution is -0.121. The standard InChI is InChI=1S/C11H20O3S/c1-11(2,3)8-5-6-9(12)10(7-8)15(4,13)14/h8,10H,5-7H2,1-4H3/t8-,10+/m1/s1. The maximum atomic E-state index is 11.5. The van der Waals surface area contributed by atoms with E-state index in [1.165, 1.54) is 6.26 Å². The Morgan fingerprint density at radius 3 is 2.20 bits per heavy atom. The number of Topliss-reactive ketones (excluding diaryl/α,β-unsaturated/α-hetero) is 1. The minimum Gasteiger partial charge on any atom is -0.298 e. The van der Waals surface area contributed by atoms with E-state index >= 15 is 0 Å². The molecule has 1 aliphatic carbocycles. The first-order valence-corrected chi connectivity index (χ1v) is 7.29. The quantitative estimate of drug-likeness (QED) is 0.693. The van der Waals surface area contributed by atoms with Gasteiger partial charge in [-0.25, -0.2) is 8.42 Å². The number of carbonyl (C=O) groups is 1. The van der Waals surface area contributed by atoms with E-state index in [1.807, 2.05) is 0 Å². The Balaban J connectivity index is 2.87. The van der Waals surface area contributed by atoms with E-state index in [2.05, 4.69) is 20.8 Å². The summed E-state index contributed by atoms with van der Waals surface area (Å²) < 4.78 is 22.9. The lowest BCUT2D eigenvalue weighted by atomic mass is 9.72. The Morgan fingerprint density at radius 1 is 1.27 bits per heavy atom. The van der Waals surface area contributed by atoms with Gasteiger partial charge in [-0.3, -0.25) is 4.79 Å². The smallest absolute Gasteiger partial charge is 0.157 e. The summed E-state index contributed by atoms with van der Waals surface area (Å²) in [6.07, 6.45) is 2.91. The number of ketones is 1. The maximum Gasteiger partial charge on any atom is 0.157 e. The van der Waals surface area contributed by atoms with E-state index in [1.54, 1.807) is 0 Å². The van der Waals surface area contributed by atoms with Crippen LogP contribution in [0.25, 0.3) is 0 Å². The number of hydrogen-bond donors (Lipinski definition) is 0. The van der Waals surface area contributed by atoms with Gasteiger partial charge in [0, 0.05) is 12.7 Å². The fraction of sp³-hybridized carbons (Fsp3) is 0.909. The van der Waals surface area contributed by atoms with E-state index in [-0.39, 0.29) is 11.2 Å². The van der Waals surface area contributed by atoms with Crippen LogP contribution in [0.3, 0.4) is 0 Å². The van der Waals surface area contributed by atoms with Gasteiger partial charge in [0.2, 0.25) is 0 Å². The van der Waals surface area contributed by atoms with Crippen LogP contribution in [-0.2, 0) is 14.6 Å². The predicted octanol–water partition coefficient (Wildman–Crippen LogP) is 1.81. The van der Waals surface area contributed by atoms with Crippen LogP contribution in [0, 0.1) is 11.3 Å². The normalized spacial score (nSPS) is 29.2. The average Bonchev–Trinajstić information content (AvgIpc) is 2.00. The van der Waals surface area contributed by atoms with Crippen molar-refractivity contribution < 1.29 is 13.2 Å². The highest BCUT2D eigenvalue weighted by atomic mass is 32.2. The van der Waals surface area contributed by atoms with Crippen LogP contribution in [-0.4, -0.2) is 25.7 Å². The second-order valence-corrected chi connectivity index (χ2v) is 7.85. The molecule has 0 amide bonds. The van der Waals surface area contributed by atoms with Crippen LogP contribution >= 0.6 is 0 Å². The monoisotopic (exact) mass is 232 g/mol. The second-order valence-electron chi connectivity index (χ2n) is 5.62. The predicted molar refractivity (Wildman–Crippen MR) is 60.4 cm³/mol. The van der Waals surface area contributed by atoms with E-state index in [9.17, 15) is 13.2 Å². The van der Waals surface area contributed by atoms with Gasteiger partial charge < -0.3 is 0 Å². The molecule has 0 aromatic heterocycles. The minimum absolute atomic E-state index is 0.0869. The van der Waals surface area contributed by atoms with Crippen molar-refractivity contribution in [3.05, 3.63) is 0 Å². The summed E-state index contributed by atoms with van der Waals surface area (Å²) >= 11 is 0. The Kier molecular flexibility index (Phi) is 3.29. The van der Waals surface area contributed by atoms with Gasteiger partial charge in [0.15, 0.2) is 15.6 Å². The van der Waals surface area contributed by atoms with Crippen molar-refractivity contribution in [2.45, 2.75) is 45.3 Å². The molecule has 0 unspecified atom stereocenters. The van der Waals surface area contributed by atoms with E-state index in [0.717, 1.165) is 6.42 Å². The molecule has 0 aliphatic heterocycles. The maximum absolute atomic E-state index is 11.5. The van der Waals surface area contributed by atoms with Crippen LogP contribution in [0.2, 0.25) is 0 Å². The molecular formula is C11H20O3S. The Bertz CT molecular complexity index is 349. The molecule has 0 saturated heterocycles. The first-order chi connectivity index (χ1) is 6.62. The van der Waals surface area contributed by atoms with Crippen molar-refractivity contribution in [2.75, 3.05) is 6.26 Å². The zero-order chi connectivity index (χ0) is 11.9. The van der Waals surface area contributed by atoms with E-state index in [4.69, 9.17) is 0 Å². The molecule has 1 saturated carbocycles. The molecule has 4 heteroatoms. The van der Waals surface area contributed by atoms with Crippen molar-refractivity contribution >= 4 is 15.6 Å². The molecule has 88 valence electrons. The molecule has 0 aromatic carbocycles. The van der Waals surface area contributed by atoms with Crippen molar-refractivity contribution in [3.8, 4) is 0 Å². The SMILES string of the molecule is CC(C)(C)[C@@H]1CCC(=O)[C@@H](S(C)(=O)=O)C1. The van der Waals surface area contributed by atoms with Crippen LogP contribution in [0.15, 0.2) is 0 Å². The second kappa shape index (κ2) is 3.89. The molecule has 0 aromatic rings. The van der Waals surface area contributed by atoms with Gasteiger partial charge in [0.25, 0.3) is 0 Å². The first-order valence-electron chi connectivity index (χ1n) is 5.34. The molecule has 0 bridgehead atoms. The zero-order valence-electron chi connectivity index (χ0n) is 9.91. The summed E-state index contributed by atoms with van der Waals surface area (Å²) in [7, 11) is -3.22. The minimum atomic E-state index is -3.22. The molecule has 1 rings (SSSR count). The Labute approximate surface area is 92.2 Å². The lowest BCUT2D eigenvalue weighted by Gasteiger charge is -2.36. The van der Waals surface area contributed by atoms with Crippen LogP contribution in [0.4, 0.5) is 0 Å². The Morgan fingerprint density at radius 2 is 1.80 bits per heavy atom. The topological polar surface area (TPSA) is 51.2 Å². The molecular weight excluding hydrogens is 212 g/mol. The number of hydrogen-bond acceptors (Lipinski definition) is 3. The third-order valence-electron chi connectivity index (χ3n) is 3.34. The fourth-order valence-electron chi connectivity index (χ4n) is 2.19. The van der Waals surface area contributed by atoms with Crippen molar-refractivity contribution in [1.82, 2.24) is 0 Å². The van der Waals surface area contributed by atoms with Gasteiger partial charge in [-0.15, -0.1) is 0 Å². The molecule has 0 heterocycles. The third kappa shape index (κ3) is 3.03. The van der Waals surface area contributed by atoms with Gasteiger partial charge >= 0.3 is 0 Å². The number of sulfone groups is 1. The van der Waals surface area contributed by atoms with Gasteiger partial charge in [-0.1, -0.05) is 20.8 Å². The largest absolute Gasteiger partial charge is 0.298 e. The van der Waals surface area contributed by atoms with E-state index in [0.29, 0.717) is 18.8 Å². The summed E-state index contributed by atoms with van der Waals surface area (Å²) in [5.74, 6) is 0.230. The lowest BCUT2D eigenvalue weighted by Crippen LogP contribution is -2.39. The third-order valence-corrected chi connectivity index (χ3v) is 4.83. The molecule has 2 atom stereocenters. The summed E-state index contributed by atoms with van der Waals surface area (Å²) in [4.78, 5) is 11.5. The van der Waals surface area contributed by atoms with Crippen LogP contribution in [0.5, 0.6) is 0 Å². The van der Waals surface area contributed by atoms with Gasteiger partial charge in [0.05, 0.1) is 0 Å². The molecule has 1 aliphatic rings. The Hall–Kier alpha value is -0.380.